The number of aromatic nitrogens is 2. The Balaban J connectivity index is 1.38. The van der Waals surface area contributed by atoms with Crippen molar-refractivity contribution >= 4 is 23.4 Å². The molecule has 0 bridgehead atoms. The number of hydrogen-bond donors (Lipinski definition) is 1. The van der Waals surface area contributed by atoms with E-state index in [4.69, 9.17) is 9.47 Å². The monoisotopic (exact) mass is 609 g/mol. The number of carboxylic acid groups (broad SMARTS) is 1. The fourth-order valence-electron chi connectivity index (χ4n) is 6.46. The van der Waals surface area contributed by atoms with E-state index in [2.05, 4.69) is 10.2 Å². The number of nitrogens with zero attached hydrogens (tertiary/aromatic N) is 5. The maximum Gasteiger partial charge on any atom is 0.416 e. The lowest BCUT2D eigenvalue weighted by molar-refractivity contribution is -0.142. The third-order valence-electron chi connectivity index (χ3n) is 8.81. The predicted molar refractivity (Wildman–Crippen MR) is 148 cm³/mol. The van der Waals surface area contributed by atoms with Crippen LogP contribution in [0.3, 0.4) is 0 Å². The van der Waals surface area contributed by atoms with Gasteiger partial charge in [-0.15, -0.1) is 10.2 Å². The number of carboxylic acids is 1. The van der Waals surface area contributed by atoms with Crippen LogP contribution < -0.4 is 14.5 Å². The molecular weight excluding hydrogens is 574 g/mol. The average Bonchev–Trinajstić information content (AvgIpc) is 3.61. The molecule has 1 N–H and O–H groups in total. The van der Waals surface area contributed by atoms with Crippen molar-refractivity contribution < 1.29 is 41.7 Å². The van der Waals surface area contributed by atoms with Crippen molar-refractivity contribution in [2.75, 3.05) is 69.9 Å². The minimum Gasteiger partial charge on any atom is -0.481 e. The second-order valence-corrected chi connectivity index (χ2v) is 11.5. The number of ether oxygens (including phenoxy) is 2. The third kappa shape index (κ3) is 6.34. The number of amides is 1. The van der Waals surface area contributed by atoms with Crippen molar-refractivity contribution in [1.82, 2.24) is 15.1 Å². The summed E-state index contributed by atoms with van der Waals surface area (Å²) < 4.78 is 67.9. The molecule has 3 aliphatic heterocycles. The number of hydrogen-bond acceptors (Lipinski definition) is 8. The highest BCUT2D eigenvalue weighted by Crippen LogP contribution is 2.43. The van der Waals surface area contributed by atoms with Gasteiger partial charge in [0.15, 0.2) is 5.82 Å². The molecule has 3 saturated heterocycles. The molecule has 0 unspecified atom stereocenters. The highest BCUT2D eigenvalue weighted by Gasteiger charge is 2.51. The maximum absolute atomic E-state index is 16.2. The lowest BCUT2D eigenvalue weighted by Crippen LogP contribution is -2.47. The molecule has 5 rings (SSSR count). The van der Waals surface area contributed by atoms with Gasteiger partial charge in [0, 0.05) is 69.8 Å². The van der Waals surface area contributed by atoms with E-state index < -0.39 is 41.1 Å². The molecule has 3 fully saturated rings. The van der Waals surface area contributed by atoms with Crippen molar-refractivity contribution in [2.24, 2.45) is 11.8 Å². The van der Waals surface area contributed by atoms with Crippen molar-refractivity contribution in [3.05, 3.63) is 41.5 Å². The number of piperidine rings is 1. The number of halogens is 4. The van der Waals surface area contributed by atoms with Crippen molar-refractivity contribution in [3.63, 3.8) is 0 Å². The zero-order valence-corrected chi connectivity index (χ0v) is 24.0. The molecule has 0 saturated carbocycles. The van der Waals surface area contributed by atoms with Gasteiger partial charge in [-0.25, -0.2) is 4.39 Å². The summed E-state index contributed by atoms with van der Waals surface area (Å²) in [4.78, 5) is 30.0. The average molecular weight is 610 g/mol. The number of carbonyl (C=O) groups excluding carboxylic acids is 1. The summed E-state index contributed by atoms with van der Waals surface area (Å²) in [5.41, 5.74) is -2.01. The molecule has 1 aromatic heterocycles. The summed E-state index contributed by atoms with van der Waals surface area (Å²) in [5.74, 6) is -2.10. The molecular formula is C29H35F4N5O5. The summed E-state index contributed by atoms with van der Waals surface area (Å²) >= 11 is 0. The van der Waals surface area contributed by atoms with Crippen LogP contribution in [-0.4, -0.2) is 97.8 Å². The summed E-state index contributed by atoms with van der Waals surface area (Å²) in [6, 6.07) is 6.82. The van der Waals surface area contributed by atoms with Crippen LogP contribution in [-0.2, 0) is 20.5 Å². The van der Waals surface area contributed by atoms with Gasteiger partial charge in [0.25, 0.3) is 5.91 Å². The molecule has 43 heavy (non-hydrogen) atoms. The Hall–Kier alpha value is -3.68. The molecule has 2 aromatic rings. The number of benzene rings is 1. The van der Waals surface area contributed by atoms with Gasteiger partial charge in [-0.05, 0) is 36.6 Å². The maximum atomic E-state index is 16.2. The summed E-state index contributed by atoms with van der Waals surface area (Å²) in [5, 5.41) is 17.4. The third-order valence-corrected chi connectivity index (χ3v) is 8.81. The Morgan fingerprint density at radius 1 is 1.05 bits per heavy atom. The molecule has 0 radical (unpaired) electrons. The van der Waals surface area contributed by atoms with Crippen LogP contribution >= 0.6 is 0 Å². The van der Waals surface area contributed by atoms with E-state index in [1.807, 2.05) is 0 Å². The fourth-order valence-corrected chi connectivity index (χ4v) is 6.46. The molecule has 1 aromatic carbocycles. The number of rotatable bonds is 8. The van der Waals surface area contributed by atoms with Gasteiger partial charge in [0.1, 0.15) is 0 Å². The lowest BCUT2D eigenvalue weighted by Gasteiger charge is -2.35. The zero-order chi connectivity index (χ0) is 30.9. The molecule has 10 nitrogen and oxygen atoms in total. The molecule has 0 spiro atoms. The summed E-state index contributed by atoms with van der Waals surface area (Å²) in [6.07, 6.45) is -4.00. The van der Waals surface area contributed by atoms with Gasteiger partial charge in [0.05, 0.1) is 31.7 Å². The van der Waals surface area contributed by atoms with Crippen molar-refractivity contribution in [2.45, 2.75) is 37.0 Å². The molecule has 3 aliphatic rings. The second kappa shape index (κ2) is 12.1. The van der Waals surface area contributed by atoms with Gasteiger partial charge >= 0.3 is 12.1 Å². The normalized spacial score (nSPS) is 24.9. The first-order chi connectivity index (χ1) is 20.4. The highest BCUT2D eigenvalue weighted by atomic mass is 19.4. The van der Waals surface area contributed by atoms with E-state index in [0.717, 1.165) is 12.1 Å². The first-order valence-electron chi connectivity index (χ1n) is 14.2. The first-order valence-corrected chi connectivity index (χ1v) is 14.2. The highest BCUT2D eigenvalue weighted by molar-refractivity contribution is 5.87. The van der Waals surface area contributed by atoms with E-state index in [-0.39, 0.29) is 58.2 Å². The van der Waals surface area contributed by atoms with Crippen LogP contribution in [0, 0.1) is 11.8 Å². The van der Waals surface area contributed by atoms with E-state index in [0.29, 0.717) is 35.8 Å². The van der Waals surface area contributed by atoms with Gasteiger partial charge < -0.3 is 29.3 Å². The quantitative estimate of drug-likeness (QED) is 0.449. The van der Waals surface area contributed by atoms with Crippen LogP contribution in [0.2, 0.25) is 0 Å². The smallest absolute Gasteiger partial charge is 0.416 e. The second-order valence-electron chi connectivity index (χ2n) is 11.5. The molecule has 4 heterocycles. The number of alkyl halides is 4. The molecule has 1 amide bonds. The predicted octanol–water partition coefficient (Wildman–Crippen LogP) is 3.61. The van der Waals surface area contributed by atoms with Gasteiger partial charge in [-0.3, -0.25) is 9.59 Å². The fraction of sp³-hybridized carbons (Fsp3) is 0.586. The summed E-state index contributed by atoms with van der Waals surface area (Å²) in [6.45, 7) is 1.16. The molecule has 234 valence electrons. The van der Waals surface area contributed by atoms with E-state index in [1.54, 1.807) is 21.9 Å². The minimum absolute atomic E-state index is 0.0420. The van der Waals surface area contributed by atoms with E-state index >= 15 is 4.39 Å². The van der Waals surface area contributed by atoms with Crippen molar-refractivity contribution in [1.29, 1.82) is 0 Å². The van der Waals surface area contributed by atoms with Crippen LogP contribution in [0.1, 0.15) is 36.3 Å². The Morgan fingerprint density at radius 2 is 1.79 bits per heavy atom. The molecule has 0 aliphatic carbocycles. The Labute approximate surface area is 246 Å². The van der Waals surface area contributed by atoms with Crippen molar-refractivity contribution in [3.8, 4) is 5.88 Å². The SMILES string of the molecule is COC[C@H]1CN(C(=O)[C@@]2(F)CCN(c3ccc(OC)nn3)C2)C[C@@H]1c1ccc(C(F)(F)F)cc1N1CCC(C(=O)O)CC1. The number of anilines is 2. The molecule has 3 atom stereocenters. The molecule has 14 heteroatoms. The van der Waals surface area contributed by atoms with E-state index in [1.165, 1.54) is 25.2 Å². The Bertz CT molecular complexity index is 1320. The minimum atomic E-state index is -4.57. The largest absolute Gasteiger partial charge is 0.481 e. The van der Waals surface area contributed by atoms with Crippen LogP contribution in [0.4, 0.5) is 29.1 Å². The van der Waals surface area contributed by atoms with Crippen LogP contribution in [0.25, 0.3) is 0 Å². The van der Waals surface area contributed by atoms with Crippen LogP contribution in [0.15, 0.2) is 30.3 Å². The Kier molecular flexibility index (Phi) is 8.68. The standard InChI is InChI=1S/C29H35F4N5O5/c1-42-16-19-14-38(27(41)28(30)9-12-37(17-28)24-5-6-25(43-2)35-34-24)15-22(19)21-4-3-20(29(31,32)33)13-23(21)36-10-7-18(8-11-36)26(39)40/h3-6,13,18-19,22H,7-12,14-17H2,1-2H3,(H,39,40)/t19-,22+,28-/m1/s1. The number of likely N-dealkylation sites (tertiary alicyclic amines) is 1. The van der Waals surface area contributed by atoms with Crippen LogP contribution in [0.5, 0.6) is 5.88 Å². The lowest BCUT2D eigenvalue weighted by atomic mass is 9.86. The zero-order valence-electron chi connectivity index (χ0n) is 24.0. The topological polar surface area (TPSA) is 108 Å². The Morgan fingerprint density at radius 3 is 2.40 bits per heavy atom. The number of methoxy groups -OCH3 is 2. The summed E-state index contributed by atoms with van der Waals surface area (Å²) in [7, 11) is 2.97. The van der Waals surface area contributed by atoms with Gasteiger partial charge in [0.2, 0.25) is 11.5 Å². The first kappa shape index (κ1) is 30.8. The number of carbonyl (C=O) groups is 2. The van der Waals surface area contributed by atoms with Gasteiger partial charge in [-0.2, -0.15) is 13.2 Å². The van der Waals surface area contributed by atoms with Gasteiger partial charge in [-0.1, -0.05) is 6.07 Å². The van der Waals surface area contributed by atoms with E-state index in [9.17, 15) is 27.9 Å². The number of aliphatic carboxylic acids is 1.